The second-order valence-corrected chi connectivity index (χ2v) is 3.92. The molecule has 1 aromatic rings. The van der Waals surface area contributed by atoms with Gasteiger partial charge in [-0.25, -0.2) is 0 Å². The fourth-order valence-corrected chi connectivity index (χ4v) is 1.39. The van der Waals surface area contributed by atoms with E-state index in [0.717, 1.165) is 37.4 Å². The quantitative estimate of drug-likeness (QED) is 0.703. The average Bonchev–Trinajstić information content (AvgIpc) is 2.36. The predicted molar refractivity (Wildman–Crippen MR) is 68.0 cm³/mol. The lowest BCUT2D eigenvalue weighted by molar-refractivity contribution is 0.296. The van der Waals surface area contributed by atoms with E-state index >= 15 is 0 Å². The molecule has 0 bridgehead atoms. The first kappa shape index (κ1) is 13.8. The lowest BCUT2D eigenvalue weighted by atomic mass is 10.2. The van der Waals surface area contributed by atoms with Crippen LogP contribution in [0.25, 0.3) is 0 Å². The molecule has 1 N–H and O–H groups in total. The van der Waals surface area contributed by atoms with Gasteiger partial charge in [-0.2, -0.15) is 0 Å². The van der Waals surface area contributed by atoms with Crippen LogP contribution in [0.3, 0.4) is 0 Å². The molecule has 17 heavy (non-hydrogen) atoms. The third-order valence-corrected chi connectivity index (χ3v) is 2.29. The molecule has 1 radical (unpaired) electrons. The molecule has 0 amide bonds. The molecule has 1 rings (SSSR count). The second-order valence-electron chi connectivity index (χ2n) is 3.92. The van der Waals surface area contributed by atoms with Gasteiger partial charge in [0, 0.05) is 6.07 Å². The van der Waals surface area contributed by atoms with Crippen molar-refractivity contribution in [2.75, 3.05) is 13.2 Å². The van der Waals surface area contributed by atoms with Gasteiger partial charge in [-0.05, 0) is 30.5 Å². The van der Waals surface area contributed by atoms with E-state index in [0.29, 0.717) is 18.8 Å². The predicted octanol–water partition coefficient (Wildman–Crippen LogP) is 3.54. The van der Waals surface area contributed by atoms with Crippen molar-refractivity contribution in [3.8, 4) is 11.5 Å². The highest BCUT2D eigenvalue weighted by molar-refractivity contribution is 5.40. The van der Waals surface area contributed by atoms with Gasteiger partial charge in [0.1, 0.15) is 18.1 Å². The zero-order chi connectivity index (χ0) is 12.5. The van der Waals surface area contributed by atoms with Crippen LogP contribution in [-0.2, 0) is 0 Å². The highest BCUT2D eigenvalue weighted by atomic mass is 16.5. The van der Waals surface area contributed by atoms with Crippen molar-refractivity contribution in [1.82, 2.24) is 0 Å². The van der Waals surface area contributed by atoms with Crippen LogP contribution in [0, 0.1) is 6.61 Å². The van der Waals surface area contributed by atoms with Crippen LogP contribution in [0.15, 0.2) is 18.2 Å². The number of hydrogen-bond acceptors (Lipinski definition) is 3. The van der Waals surface area contributed by atoms with Crippen LogP contribution in [0.1, 0.15) is 38.7 Å². The largest absolute Gasteiger partial charge is 0.493 e. The Labute approximate surface area is 103 Å². The molecule has 0 spiro atoms. The number of hydrogen-bond donors (Lipinski definition) is 1. The van der Waals surface area contributed by atoms with E-state index in [9.17, 15) is 0 Å². The number of rotatable bonds is 8. The summed E-state index contributed by atoms with van der Waals surface area (Å²) in [5.41, 5.74) is 0.699. The van der Waals surface area contributed by atoms with Crippen LogP contribution < -0.4 is 9.47 Å². The van der Waals surface area contributed by atoms with E-state index in [4.69, 9.17) is 14.6 Å². The fourth-order valence-electron chi connectivity index (χ4n) is 1.39. The normalized spacial score (nSPS) is 10.3. The van der Waals surface area contributed by atoms with Gasteiger partial charge < -0.3 is 14.6 Å². The Bertz CT molecular complexity index is 323. The molecule has 95 valence electrons. The molecule has 3 heteroatoms. The van der Waals surface area contributed by atoms with Crippen molar-refractivity contribution >= 4 is 0 Å². The molecular formula is C14H21O3. The molecular weight excluding hydrogens is 216 g/mol. The summed E-state index contributed by atoms with van der Waals surface area (Å²) in [5.74, 6) is 1.48. The van der Waals surface area contributed by atoms with Gasteiger partial charge in [0.2, 0.25) is 0 Å². The first-order valence-corrected chi connectivity index (χ1v) is 6.18. The number of unbranched alkanes of at least 4 members (excludes halogenated alkanes) is 1. The molecule has 0 saturated heterocycles. The van der Waals surface area contributed by atoms with Gasteiger partial charge >= 0.3 is 0 Å². The van der Waals surface area contributed by atoms with Crippen molar-refractivity contribution in [2.45, 2.75) is 33.1 Å². The van der Waals surface area contributed by atoms with Crippen LogP contribution >= 0.6 is 0 Å². The summed E-state index contributed by atoms with van der Waals surface area (Å²) >= 11 is 0. The summed E-state index contributed by atoms with van der Waals surface area (Å²) in [7, 11) is 0. The summed E-state index contributed by atoms with van der Waals surface area (Å²) in [6.07, 6.45) is 3.09. The zero-order valence-electron chi connectivity index (χ0n) is 10.6. The maximum absolute atomic E-state index is 9.05. The Balaban J connectivity index is 2.67. The molecule has 0 aliphatic rings. The summed E-state index contributed by atoms with van der Waals surface area (Å²) < 4.78 is 11.1. The monoisotopic (exact) mass is 237 g/mol. The third-order valence-electron chi connectivity index (χ3n) is 2.29. The number of benzene rings is 1. The summed E-state index contributed by atoms with van der Waals surface area (Å²) in [6.45, 7) is 6.60. The van der Waals surface area contributed by atoms with E-state index in [2.05, 4.69) is 13.8 Å². The molecule has 0 aliphatic carbocycles. The van der Waals surface area contributed by atoms with Gasteiger partial charge in [0.25, 0.3) is 0 Å². The molecule has 1 aromatic carbocycles. The van der Waals surface area contributed by atoms with Gasteiger partial charge in [0.05, 0.1) is 13.2 Å². The highest BCUT2D eigenvalue weighted by Crippen LogP contribution is 2.24. The average molecular weight is 237 g/mol. The Morgan fingerprint density at radius 3 is 2.18 bits per heavy atom. The maximum Gasteiger partial charge on any atom is 0.123 e. The molecule has 0 unspecified atom stereocenters. The Morgan fingerprint density at radius 1 is 1.00 bits per heavy atom. The second kappa shape index (κ2) is 7.96. The van der Waals surface area contributed by atoms with Gasteiger partial charge in [0.15, 0.2) is 0 Å². The first-order chi connectivity index (χ1) is 8.30. The summed E-state index contributed by atoms with van der Waals surface area (Å²) in [6, 6.07) is 5.45. The Kier molecular flexibility index (Phi) is 6.48. The van der Waals surface area contributed by atoms with Crippen molar-refractivity contribution in [3.63, 3.8) is 0 Å². The van der Waals surface area contributed by atoms with Crippen LogP contribution in [0.2, 0.25) is 0 Å². The molecule has 0 fully saturated rings. The fraction of sp³-hybridized carbons (Fsp3) is 0.500. The number of ether oxygens (including phenoxy) is 2. The number of aliphatic hydroxyl groups excluding tert-OH is 1. The lowest BCUT2D eigenvalue weighted by Gasteiger charge is -2.10. The van der Waals surface area contributed by atoms with E-state index in [1.807, 2.05) is 6.07 Å². The minimum absolute atomic E-state index is 0.670. The minimum atomic E-state index is 0.670. The van der Waals surface area contributed by atoms with Crippen molar-refractivity contribution in [2.24, 2.45) is 0 Å². The van der Waals surface area contributed by atoms with Crippen LogP contribution in [0.5, 0.6) is 11.5 Å². The first-order valence-electron chi connectivity index (χ1n) is 6.18. The maximum atomic E-state index is 9.05. The van der Waals surface area contributed by atoms with Gasteiger partial charge in [-0.15, -0.1) is 0 Å². The SMILES string of the molecule is CCCCOc1cc([CH]O)cc(OCCC)c1. The lowest BCUT2D eigenvalue weighted by Crippen LogP contribution is -2.00. The van der Waals surface area contributed by atoms with E-state index in [1.54, 1.807) is 12.1 Å². The smallest absolute Gasteiger partial charge is 0.123 e. The summed E-state index contributed by atoms with van der Waals surface area (Å²) in [4.78, 5) is 0. The highest BCUT2D eigenvalue weighted by Gasteiger charge is 2.03. The molecule has 0 saturated carbocycles. The van der Waals surface area contributed by atoms with Crippen LogP contribution in [-0.4, -0.2) is 18.3 Å². The zero-order valence-corrected chi connectivity index (χ0v) is 10.6. The molecule has 0 aromatic heterocycles. The van der Waals surface area contributed by atoms with E-state index in [1.165, 1.54) is 0 Å². The van der Waals surface area contributed by atoms with Crippen molar-refractivity contribution < 1.29 is 14.6 Å². The van der Waals surface area contributed by atoms with Crippen molar-refractivity contribution in [1.29, 1.82) is 0 Å². The molecule has 3 nitrogen and oxygen atoms in total. The Morgan fingerprint density at radius 2 is 1.65 bits per heavy atom. The molecule has 0 heterocycles. The van der Waals surface area contributed by atoms with Gasteiger partial charge in [-0.3, -0.25) is 0 Å². The molecule has 0 aliphatic heterocycles. The van der Waals surface area contributed by atoms with E-state index in [-0.39, 0.29) is 0 Å². The Hall–Kier alpha value is -1.22. The number of aliphatic hydroxyl groups is 1. The van der Waals surface area contributed by atoms with Crippen molar-refractivity contribution in [3.05, 3.63) is 30.4 Å². The standard InChI is InChI=1S/C14H21O3/c1-3-5-7-17-14-9-12(11-15)8-13(10-14)16-6-4-2/h8-11,15H,3-7H2,1-2H3. The van der Waals surface area contributed by atoms with Gasteiger partial charge in [-0.1, -0.05) is 20.3 Å². The minimum Gasteiger partial charge on any atom is -0.493 e. The topological polar surface area (TPSA) is 38.7 Å². The summed E-state index contributed by atoms with van der Waals surface area (Å²) in [5, 5.41) is 9.05. The van der Waals surface area contributed by atoms with Crippen LogP contribution in [0.4, 0.5) is 0 Å². The molecule has 0 atom stereocenters. The van der Waals surface area contributed by atoms with E-state index < -0.39 is 0 Å². The third kappa shape index (κ3) is 5.09.